The highest BCUT2D eigenvalue weighted by molar-refractivity contribution is 7.97. The fourth-order valence-corrected chi connectivity index (χ4v) is 4.06. The molecule has 2 heterocycles. The number of nitrogens with one attached hydrogen (secondary N) is 2. The fourth-order valence-electron chi connectivity index (χ4n) is 2.95. The Labute approximate surface area is 165 Å². The topological polar surface area (TPSA) is 83.8 Å². The molecule has 1 unspecified atom stereocenters. The van der Waals surface area contributed by atoms with Gasteiger partial charge in [-0.1, -0.05) is 12.1 Å². The Morgan fingerprint density at radius 2 is 2.15 bits per heavy atom. The van der Waals surface area contributed by atoms with E-state index in [2.05, 4.69) is 15.5 Å². The van der Waals surface area contributed by atoms with E-state index >= 15 is 0 Å². The van der Waals surface area contributed by atoms with Gasteiger partial charge in [0.05, 0.1) is 11.4 Å². The SMILES string of the molecule is CC(C(=O)Nc1ccc2[nH]nc(-c3cccc(SN)c3)c2c1)c1ccsc1. The molecule has 4 rings (SSSR count). The summed E-state index contributed by atoms with van der Waals surface area (Å²) in [6.45, 7) is 1.91. The number of benzene rings is 2. The molecule has 0 saturated carbocycles. The van der Waals surface area contributed by atoms with Crippen molar-refractivity contribution >= 4 is 45.8 Å². The van der Waals surface area contributed by atoms with Crippen LogP contribution in [-0.4, -0.2) is 16.1 Å². The molecule has 27 heavy (non-hydrogen) atoms. The quantitative estimate of drug-likeness (QED) is 0.416. The average Bonchev–Trinajstić information content (AvgIpc) is 3.37. The molecule has 0 saturated heterocycles. The Balaban J connectivity index is 1.64. The summed E-state index contributed by atoms with van der Waals surface area (Å²) < 4.78 is 0. The molecule has 0 spiro atoms. The van der Waals surface area contributed by atoms with Crippen molar-refractivity contribution in [3.8, 4) is 11.3 Å². The molecule has 2 aromatic heterocycles. The number of rotatable bonds is 5. The second kappa shape index (κ2) is 7.56. The van der Waals surface area contributed by atoms with Crippen LogP contribution in [0.5, 0.6) is 0 Å². The molecule has 0 aliphatic rings. The van der Waals surface area contributed by atoms with Crippen LogP contribution in [0.3, 0.4) is 0 Å². The van der Waals surface area contributed by atoms with Gasteiger partial charge in [0.1, 0.15) is 5.69 Å². The van der Waals surface area contributed by atoms with Gasteiger partial charge in [-0.3, -0.25) is 15.0 Å². The number of aromatic nitrogens is 2. The van der Waals surface area contributed by atoms with Crippen LogP contribution in [0.15, 0.2) is 64.2 Å². The van der Waals surface area contributed by atoms with Crippen LogP contribution in [0.2, 0.25) is 0 Å². The fraction of sp³-hybridized carbons (Fsp3) is 0.100. The number of aromatic amines is 1. The summed E-state index contributed by atoms with van der Waals surface area (Å²) in [5.41, 5.74) is 4.51. The predicted molar refractivity (Wildman–Crippen MR) is 113 cm³/mol. The Morgan fingerprint density at radius 1 is 1.26 bits per heavy atom. The largest absolute Gasteiger partial charge is 0.326 e. The number of amides is 1. The number of fused-ring (bicyclic) bond motifs is 1. The molecule has 0 radical (unpaired) electrons. The van der Waals surface area contributed by atoms with Gasteiger partial charge >= 0.3 is 0 Å². The van der Waals surface area contributed by atoms with Crippen molar-refractivity contribution in [1.29, 1.82) is 0 Å². The lowest BCUT2D eigenvalue weighted by Gasteiger charge is -2.11. The van der Waals surface area contributed by atoms with Crippen LogP contribution in [0.1, 0.15) is 18.4 Å². The summed E-state index contributed by atoms with van der Waals surface area (Å²) in [6.07, 6.45) is 0. The molecule has 5 nitrogen and oxygen atoms in total. The molecule has 2 aromatic carbocycles. The highest BCUT2D eigenvalue weighted by atomic mass is 32.2. The summed E-state index contributed by atoms with van der Waals surface area (Å²) in [4.78, 5) is 13.5. The lowest BCUT2D eigenvalue weighted by Crippen LogP contribution is -2.18. The van der Waals surface area contributed by atoms with E-state index in [4.69, 9.17) is 5.14 Å². The standard InChI is InChI=1S/C20H18N4OS2/c1-12(14-7-8-26-11-14)20(25)22-15-5-6-18-17(10-15)19(24-23-18)13-3-2-4-16(9-13)27-21/h2-12H,21H2,1H3,(H,22,25)(H,23,24). The summed E-state index contributed by atoms with van der Waals surface area (Å²) in [7, 11) is 0. The number of thiophene rings is 1. The molecule has 0 fully saturated rings. The van der Waals surface area contributed by atoms with Gasteiger partial charge in [-0.25, -0.2) is 0 Å². The second-order valence-electron chi connectivity index (χ2n) is 6.25. The molecular weight excluding hydrogens is 376 g/mol. The third-order valence-electron chi connectivity index (χ3n) is 4.51. The number of nitrogens with two attached hydrogens (primary N) is 1. The Kier molecular flexibility index (Phi) is 4.98. The third-order valence-corrected chi connectivity index (χ3v) is 5.74. The Morgan fingerprint density at radius 3 is 2.93 bits per heavy atom. The van der Waals surface area contributed by atoms with E-state index in [0.29, 0.717) is 0 Å². The molecule has 7 heteroatoms. The number of anilines is 1. The molecule has 0 bridgehead atoms. The summed E-state index contributed by atoms with van der Waals surface area (Å²) in [6, 6.07) is 15.7. The van der Waals surface area contributed by atoms with Crippen molar-refractivity contribution in [2.24, 2.45) is 5.14 Å². The van der Waals surface area contributed by atoms with E-state index < -0.39 is 0 Å². The lowest BCUT2D eigenvalue weighted by atomic mass is 10.0. The molecule has 4 aromatic rings. The Hall–Kier alpha value is -2.61. The molecule has 4 N–H and O–H groups in total. The van der Waals surface area contributed by atoms with Crippen LogP contribution < -0.4 is 10.5 Å². The van der Waals surface area contributed by atoms with Gasteiger partial charge in [-0.15, -0.1) is 0 Å². The molecule has 1 amide bonds. The highest BCUT2D eigenvalue weighted by Gasteiger charge is 2.16. The van der Waals surface area contributed by atoms with Gasteiger partial charge in [0, 0.05) is 21.5 Å². The van der Waals surface area contributed by atoms with Crippen LogP contribution >= 0.6 is 23.3 Å². The first-order chi connectivity index (χ1) is 13.2. The maximum atomic E-state index is 12.6. The van der Waals surface area contributed by atoms with Crippen molar-refractivity contribution in [1.82, 2.24) is 10.2 Å². The highest BCUT2D eigenvalue weighted by Crippen LogP contribution is 2.30. The molecular formula is C20H18N4OS2. The first-order valence-corrected chi connectivity index (χ1v) is 10.3. The van der Waals surface area contributed by atoms with Gasteiger partial charge in [0.15, 0.2) is 0 Å². The van der Waals surface area contributed by atoms with E-state index in [0.717, 1.165) is 38.3 Å². The second-order valence-corrected chi connectivity index (χ2v) is 7.73. The number of hydrogen-bond donors (Lipinski definition) is 3. The van der Waals surface area contributed by atoms with E-state index in [9.17, 15) is 4.79 Å². The minimum atomic E-state index is -0.200. The number of hydrogen-bond acceptors (Lipinski definition) is 5. The zero-order valence-electron chi connectivity index (χ0n) is 14.6. The van der Waals surface area contributed by atoms with Gasteiger partial charge < -0.3 is 5.32 Å². The van der Waals surface area contributed by atoms with Crippen LogP contribution in [-0.2, 0) is 4.79 Å². The number of nitrogens with zero attached hydrogens (tertiary/aromatic N) is 1. The van der Waals surface area contributed by atoms with Crippen molar-refractivity contribution in [2.45, 2.75) is 17.7 Å². The first kappa shape index (κ1) is 17.8. The van der Waals surface area contributed by atoms with Crippen molar-refractivity contribution in [3.63, 3.8) is 0 Å². The maximum absolute atomic E-state index is 12.6. The normalized spacial score (nSPS) is 12.2. The van der Waals surface area contributed by atoms with E-state index in [1.165, 1.54) is 11.9 Å². The first-order valence-electron chi connectivity index (χ1n) is 8.44. The molecule has 0 aliphatic heterocycles. The monoisotopic (exact) mass is 394 g/mol. The summed E-state index contributed by atoms with van der Waals surface area (Å²) in [5.74, 6) is -0.228. The third kappa shape index (κ3) is 3.62. The van der Waals surface area contributed by atoms with Crippen molar-refractivity contribution < 1.29 is 4.79 Å². The lowest BCUT2D eigenvalue weighted by molar-refractivity contribution is -0.117. The van der Waals surface area contributed by atoms with E-state index in [1.54, 1.807) is 11.3 Å². The summed E-state index contributed by atoms with van der Waals surface area (Å²) >= 11 is 2.80. The smallest absolute Gasteiger partial charge is 0.231 e. The minimum Gasteiger partial charge on any atom is -0.326 e. The average molecular weight is 395 g/mol. The van der Waals surface area contributed by atoms with Crippen LogP contribution in [0, 0.1) is 0 Å². The van der Waals surface area contributed by atoms with Gasteiger partial charge in [0.25, 0.3) is 0 Å². The zero-order chi connectivity index (χ0) is 18.8. The maximum Gasteiger partial charge on any atom is 0.231 e. The molecule has 1 atom stereocenters. The van der Waals surface area contributed by atoms with Crippen molar-refractivity contribution in [3.05, 3.63) is 64.9 Å². The van der Waals surface area contributed by atoms with E-state index in [-0.39, 0.29) is 11.8 Å². The minimum absolute atomic E-state index is 0.0284. The molecule has 0 aliphatic carbocycles. The molecule has 136 valence electrons. The van der Waals surface area contributed by atoms with Crippen LogP contribution in [0.4, 0.5) is 5.69 Å². The number of carbonyl (C=O) groups excluding carboxylic acids is 1. The van der Waals surface area contributed by atoms with E-state index in [1.807, 2.05) is 66.2 Å². The zero-order valence-corrected chi connectivity index (χ0v) is 16.2. The predicted octanol–water partition coefficient (Wildman–Crippen LogP) is 5.00. The van der Waals surface area contributed by atoms with Gasteiger partial charge in [-0.2, -0.15) is 16.4 Å². The van der Waals surface area contributed by atoms with Gasteiger partial charge in [0.2, 0.25) is 5.91 Å². The number of carbonyl (C=O) groups is 1. The van der Waals surface area contributed by atoms with Crippen LogP contribution in [0.25, 0.3) is 22.2 Å². The van der Waals surface area contributed by atoms with Crippen molar-refractivity contribution in [2.75, 3.05) is 5.32 Å². The number of H-pyrrole nitrogens is 1. The Bertz CT molecular complexity index is 1090. The summed E-state index contributed by atoms with van der Waals surface area (Å²) in [5, 5.41) is 21.1. The van der Waals surface area contributed by atoms with Gasteiger partial charge in [-0.05, 0) is 71.6 Å².